The highest BCUT2D eigenvalue weighted by Gasteiger charge is 2.80. The van der Waals surface area contributed by atoms with Crippen LogP contribution in [0.3, 0.4) is 0 Å². The second-order valence-electron chi connectivity index (χ2n) is 20.9. The quantitative estimate of drug-likeness (QED) is 0.155. The Bertz CT molecular complexity index is 3270. The minimum absolute atomic E-state index is 0.137. The molecule has 310 valence electrons. The van der Waals surface area contributed by atoms with E-state index in [0.29, 0.717) is 10.8 Å². The van der Waals surface area contributed by atoms with Gasteiger partial charge < -0.3 is 4.90 Å². The van der Waals surface area contributed by atoms with Crippen LogP contribution in [0.4, 0.5) is 17.1 Å². The highest BCUT2D eigenvalue weighted by atomic mass is 15.1. The van der Waals surface area contributed by atoms with Crippen molar-refractivity contribution in [2.24, 2.45) is 23.2 Å². The molecular formula is C63H53N. The topological polar surface area (TPSA) is 3.24 Å². The number of aryl methyl sites for hydroxylation is 1. The molecule has 1 spiro atoms. The minimum Gasteiger partial charge on any atom is -0.309 e. The van der Waals surface area contributed by atoms with Gasteiger partial charge in [-0.05, 0) is 170 Å². The summed E-state index contributed by atoms with van der Waals surface area (Å²) < 4.78 is 0. The monoisotopic (exact) mass is 823 g/mol. The number of allylic oxidation sites excluding steroid dienone is 1. The molecule has 0 amide bonds. The molecule has 6 aliphatic carbocycles. The van der Waals surface area contributed by atoms with Gasteiger partial charge >= 0.3 is 0 Å². The molecule has 4 saturated carbocycles. The lowest BCUT2D eigenvalue weighted by molar-refractivity contribution is -0.198. The van der Waals surface area contributed by atoms with Gasteiger partial charge in [-0.25, -0.2) is 0 Å². The lowest BCUT2D eigenvalue weighted by atomic mass is 9.31. The molecule has 0 radical (unpaired) electrons. The van der Waals surface area contributed by atoms with Gasteiger partial charge in [0, 0.05) is 27.6 Å². The van der Waals surface area contributed by atoms with Crippen LogP contribution in [-0.2, 0) is 17.3 Å². The Morgan fingerprint density at radius 2 is 1.25 bits per heavy atom. The molecule has 6 aliphatic rings. The van der Waals surface area contributed by atoms with Crippen molar-refractivity contribution in [1.29, 1.82) is 0 Å². The highest BCUT2D eigenvalue weighted by Crippen LogP contribution is 2.86. The van der Waals surface area contributed by atoms with Crippen LogP contribution in [0.25, 0.3) is 61.4 Å². The first-order valence-electron chi connectivity index (χ1n) is 24.1. The predicted octanol–water partition coefficient (Wildman–Crippen LogP) is 16.7. The van der Waals surface area contributed by atoms with Crippen molar-refractivity contribution in [1.82, 2.24) is 0 Å². The summed E-state index contributed by atoms with van der Waals surface area (Å²) in [6, 6.07) is 65.3. The summed E-state index contributed by atoms with van der Waals surface area (Å²) in [5, 5.41) is 2.51. The molecule has 8 aromatic carbocycles. The zero-order valence-corrected chi connectivity index (χ0v) is 36.9. The van der Waals surface area contributed by atoms with Gasteiger partial charge in [0.1, 0.15) is 0 Å². The molecule has 1 heteroatoms. The summed E-state index contributed by atoms with van der Waals surface area (Å²) in [5.74, 6) is 2.94. The van der Waals surface area contributed by atoms with Crippen LogP contribution in [0.15, 0.2) is 176 Å². The average molecular weight is 824 g/mol. The third-order valence-corrected chi connectivity index (χ3v) is 17.8. The van der Waals surface area contributed by atoms with E-state index in [1.54, 1.807) is 5.56 Å². The van der Waals surface area contributed by atoms with Gasteiger partial charge in [0.15, 0.2) is 0 Å². The van der Waals surface area contributed by atoms with E-state index in [9.17, 15) is 0 Å². The van der Waals surface area contributed by atoms with Crippen LogP contribution in [0.1, 0.15) is 80.2 Å². The van der Waals surface area contributed by atoms with Crippen LogP contribution in [0.2, 0.25) is 0 Å². The van der Waals surface area contributed by atoms with E-state index < -0.39 is 0 Å². The average Bonchev–Trinajstić information content (AvgIpc) is 3.93. The third-order valence-electron chi connectivity index (χ3n) is 17.8. The van der Waals surface area contributed by atoms with Crippen LogP contribution in [-0.4, -0.2) is 0 Å². The van der Waals surface area contributed by atoms with Crippen molar-refractivity contribution in [3.8, 4) is 44.5 Å². The molecule has 5 unspecified atom stereocenters. The molecule has 14 rings (SSSR count). The summed E-state index contributed by atoms with van der Waals surface area (Å²) in [5.41, 5.74) is 21.9. The predicted molar refractivity (Wildman–Crippen MR) is 268 cm³/mol. The lowest BCUT2D eigenvalue weighted by Gasteiger charge is -2.73. The fraction of sp³-hybridized carbons (Fsp3) is 0.238. The summed E-state index contributed by atoms with van der Waals surface area (Å²) in [6.07, 6.45) is 14.3. The van der Waals surface area contributed by atoms with Gasteiger partial charge in [-0.3, -0.25) is 0 Å². The van der Waals surface area contributed by atoms with Crippen molar-refractivity contribution < 1.29 is 0 Å². The van der Waals surface area contributed by atoms with Gasteiger partial charge in [-0.15, -0.1) is 0 Å². The maximum absolute atomic E-state index is 2.58. The Morgan fingerprint density at radius 1 is 0.516 bits per heavy atom. The minimum atomic E-state index is -0.137. The fourth-order valence-electron chi connectivity index (χ4n) is 15.1. The maximum atomic E-state index is 2.58. The first-order chi connectivity index (χ1) is 31.4. The van der Waals surface area contributed by atoms with Crippen molar-refractivity contribution in [2.75, 3.05) is 4.90 Å². The largest absolute Gasteiger partial charge is 0.309 e. The second-order valence-corrected chi connectivity index (χ2v) is 20.9. The SMILES string of the molecule is CC1(C)c2ccccc2-c2ccc(N(c3ccc(-c4ccc(C56CC7CC8CC(C5)C86C7)cc4)cc3-c3cccc4c3C=CCC4)c3ccccc3-c3cccc4ccccc34)cc21. The van der Waals surface area contributed by atoms with Crippen molar-refractivity contribution in [3.63, 3.8) is 0 Å². The molecule has 0 heterocycles. The maximum Gasteiger partial charge on any atom is 0.0540 e. The van der Waals surface area contributed by atoms with Crippen molar-refractivity contribution in [2.45, 2.75) is 69.6 Å². The highest BCUT2D eigenvalue weighted by molar-refractivity contribution is 6.03. The summed E-state index contributed by atoms with van der Waals surface area (Å²) in [4.78, 5) is 2.58. The molecule has 0 aliphatic heterocycles. The van der Waals surface area contributed by atoms with E-state index in [2.05, 4.69) is 201 Å². The van der Waals surface area contributed by atoms with Gasteiger partial charge in [-0.1, -0.05) is 166 Å². The number of anilines is 3. The van der Waals surface area contributed by atoms with Gasteiger partial charge in [0.05, 0.1) is 11.4 Å². The van der Waals surface area contributed by atoms with Crippen LogP contribution >= 0.6 is 0 Å². The van der Waals surface area contributed by atoms with Gasteiger partial charge in [0.2, 0.25) is 0 Å². The first-order valence-corrected chi connectivity index (χ1v) is 24.1. The molecule has 1 nitrogen and oxygen atoms in total. The number of fused-ring (bicyclic) bond motifs is 6. The summed E-state index contributed by atoms with van der Waals surface area (Å²) in [7, 11) is 0. The molecule has 0 N–H and O–H groups in total. The number of benzene rings is 8. The molecule has 8 aromatic rings. The molecule has 4 fully saturated rings. The van der Waals surface area contributed by atoms with Crippen molar-refractivity contribution >= 4 is 33.9 Å². The van der Waals surface area contributed by atoms with Gasteiger partial charge in [0.25, 0.3) is 0 Å². The number of para-hydroxylation sites is 1. The van der Waals surface area contributed by atoms with Gasteiger partial charge in [-0.2, -0.15) is 0 Å². The second kappa shape index (κ2) is 13.3. The number of hydrogen-bond acceptors (Lipinski definition) is 1. The standard InChI is InChI=1S/C63H53N/c1-61(2)57-23-9-7-19-53(57)54-31-30-48(36-58(54)61)64(59-24-10-8-20-55(59)51-21-11-15-42-13-3-5-17-49(42)51)60-32-27-44(34-56(60)52-22-12-16-43-14-4-6-18-50(43)52)41-25-28-45(29-26-41)62-37-40-33-46-35-47(39-62)63(46,62)38-40/h3,5-13,15-32,34,36,40,46-47H,4,14,33,35,37-39H2,1-2H3. The molecule has 5 atom stereocenters. The van der Waals surface area contributed by atoms with E-state index in [0.717, 1.165) is 30.6 Å². The molecule has 64 heavy (non-hydrogen) atoms. The Hall–Kier alpha value is -6.44. The van der Waals surface area contributed by atoms with Crippen LogP contribution in [0.5, 0.6) is 0 Å². The van der Waals surface area contributed by atoms with E-state index in [4.69, 9.17) is 0 Å². The molecule has 0 aromatic heterocycles. The van der Waals surface area contributed by atoms with Crippen molar-refractivity contribution in [3.05, 3.63) is 204 Å². The molecular weight excluding hydrogens is 771 g/mol. The summed E-state index contributed by atoms with van der Waals surface area (Å²) in [6.45, 7) is 4.79. The summed E-state index contributed by atoms with van der Waals surface area (Å²) >= 11 is 0. The molecule has 2 bridgehead atoms. The fourth-order valence-corrected chi connectivity index (χ4v) is 15.1. The normalized spacial score (nSPS) is 24.6. The van der Waals surface area contributed by atoms with Crippen LogP contribution < -0.4 is 4.90 Å². The number of hydrogen-bond donors (Lipinski definition) is 0. The van der Waals surface area contributed by atoms with E-state index in [-0.39, 0.29) is 5.41 Å². The van der Waals surface area contributed by atoms with E-state index in [1.807, 2.05) is 0 Å². The molecule has 0 saturated heterocycles. The number of nitrogens with zero attached hydrogens (tertiary/aromatic N) is 1. The number of rotatable bonds is 7. The third kappa shape index (κ3) is 4.91. The smallest absolute Gasteiger partial charge is 0.0540 e. The Kier molecular flexibility index (Phi) is 7.69. The zero-order valence-electron chi connectivity index (χ0n) is 36.9. The Labute approximate surface area is 378 Å². The van der Waals surface area contributed by atoms with E-state index in [1.165, 1.54) is 127 Å². The first kappa shape index (κ1) is 37.0. The zero-order chi connectivity index (χ0) is 42.4. The van der Waals surface area contributed by atoms with Crippen LogP contribution in [0, 0.1) is 23.2 Å². The lowest BCUT2D eigenvalue weighted by Crippen LogP contribution is -2.68. The Balaban J connectivity index is 0.982. The Morgan fingerprint density at radius 3 is 2.14 bits per heavy atom. The van der Waals surface area contributed by atoms with E-state index >= 15 is 0 Å².